The molecule has 0 saturated carbocycles. The largest absolute Gasteiger partial charge is 0.494 e. The van der Waals surface area contributed by atoms with Crippen LogP contribution in [0.3, 0.4) is 0 Å². The standard InChI is InChI=1S/C9H6F2OS/c1-12-6-3-2-5-4-7(10)13-9(5)8(6)11/h2-4H,1H3. The summed E-state index contributed by atoms with van der Waals surface area (Å²) in [4.78, 5) is 0. The van der Waals surface area contributed by atoms with Gasteiger partial charge in [0, 0.05) is 0 Å². The van der Waals surface area contributed by atoms with Crippen LogP contribution in [-0.4, -0.2) is 7.11 Å². The SMILES string of the molecule is COc1ccc2cc(F)sc2c1F. The quantitative estimate of drug-likeness (QED) is 0.687. The summed E-state index contributed by atoms with van der Waals surface area (Å²) in [5.74, 6) is -0.344. The number of fused-ring (bicyclic) bond motifs is 1. The molecule has 0 bridgehead atoms. The van der Waals surface area contributed by atoms with Gasteiger partial charge >= 0.3 is 0 Å². The molecule has 1 aromatic heterocycles. The van der Waals surface area contributed by atoms with Gasteiger partial charge in [-0.05, 0) is 23.6 Å². The van der Waals surface area contributed by atoms with Crippen LogP contribution in [0.2, 0.25) is 0 Å². The third kappa shape index (κ3) is 1.27. The second-order valence-electron chi connectivity index (χ2n) is 2.55. The highest BCUT2D eigenvalue weighted by Gasteiger charge is 2.10. The lowest BCUT2D eigenvalue weighted by Crippen LogP contribution is -1.86. The van der Waals surface area contributed by atoms with Gasteiger partial charge in [0.25, 0.3) is 0 Å². The topological polar surface area (TPSA) is 9.23 Å². The molecule has 68 valence electrons. The number of hydrogen-bond acceptors (Lipinski definition) is 2. The summed E-state index contributed by atoms with van der Waals surface area (Å²) in [7, 11) is 1.38. The van der Waals surface area contributed by atoms with Crippen LogP contribution in [0, 0.1) is 10.9 Å². The van der Waals surface area contributed by atoms with Crippen molar-refractivity contribution in [2.45, 2.75) is 0 Å². The molecule has 2 aromatic rings. The molecule has 2 rings (SSSR count). The van der Waals surface area contributed by atoms with Gasteiger partial charge in [0.1, 0.15) is 0 Å². The Morgan fingerprint density at radius 2 is 2.08 bits per heavy atom. The normalized spacial score (nSPS) is 10.7. The fraction of sp³-hybridized carbons (Fsp3) is 0.111. The molecule has 0 atom stereocenters. The van der Waals surface area contributed by atoms with Crippen molar-refractivity contribution in [3.8, 4) is 5.75 Å². The van der Waals surface area contributed by atoms with Crippen molar-refractivity contribution >= 4 is 21.4 Å². The van der Waals surface area contributed by atoms with E-state index in [0.717, 1.165) is 11.3 Å². The number of rotatable bonds is 1. The Morgan fingerprint density at radius 1 is 1.31 bits per heavy atom. The van der Waals surface area contributed by atoms with Crippen LogP contribution in [0.15, 0.2) is 18.2 Å². The minimum absolute atomic E-state index is 0.148. The number of hydrogen-bond donors (Lipinski definition) is 0. The molecule has 1 nitrogen and oxygen atoms in total. The molecule has 0 fully saturated rings. The van der Waals surface area contributed by atoms with Gasteiger partial charge in [0.15, 0.2) is 16.7 Å². The number of methoxy groups -OCH3 is 1. The Kier molecular flexibility index (Phi) is 1.92. The zero-order valence-corrected chi connectivity index (χ0v) is 7.62. The van der Waals surface area contributed by atoms with Gasteiger partial charge in [-0.25, -0.2) is 4.39 Å². The first-order valence-corrected chi connectivity index (χ1v) is 4.45. The average molecular weight is 200 g/mol. The molecule has 0 N–H and O–H groups in total. The van der Waals surface area contributed by atoms with Crippen LogP contribution in [-0.2, 0) is 0 Å². The van der Waals surface area contributed by atoms with Gasteiger partial charge in [0.2, 0.25) is 0 Å². The van der Waals surface area contributed by atoms with E-state index in [9.17, 15) is 8.78 Å². The van der Waals surface area contributed by atoms with Crippen LogP contribution in [0.5, 0.6) is 5.75 Å². The molecule has 13 heavy (non-hydrogen) atoms. The Bertz CT molecular complexity index is 450. The smallest absolute Gasteiger partial charge is 0.182 e. The monoisotopic (exact) mass is 200 g/mol. The van der Waals surface area contributed by atoms with Crippen LogP contribution < -0.4 is 4.74 Å². The van der Waals surface area contributed by atoms with Crippen molar-refractivity contribution in [3.63, 3.8) is 0 Å². The van der Waals surface area contributed by atoms with Crippen molar-refractivity contribution < 1.29 is 13.5 Å². The van der Waals surface area contributed by atoms with Crippen molar-refractivity contribution in [1.82, 2.24) is 0 Å². The van der Waals surface area contributed by atoms with Gasteiger partial charge < -0.3 is 4.74 Å². The van der Waals surface area contributed by atoms with Crippen LogP contribution in [0.25, 0.3) is 10.1 Å². The van der Waals surface area contributed by atoms with Gasteiger partial charge in [-0.2, -0.15) is 4.39 Å². The molecule has 0 aliphatic carbocycles. The molecule has 1 heterocycles. The van der Waals surface area contributed by atoms with E-state index >= 15 is 0 Å². The van der Waals surface area contributed by atoms with Crippen molar-refractivity contribution in [3.05, 3.63) is 29.1 Å². The van der Waals surface area contributed by atoms with E-state index in [1.165, 1.54) is 19.2 Å². The number of ether oxygens (including phenoxy) is 1. The molecule has 0 aliphatic heterocycles. The minimum atomic E-state index is -0.492. The Balaban J connectivity index is 2.78. The average Bonchev–Trinajstić information content (AvgIpc) is 2.47. The van der Waals surface area contributed by atoms with E-state index in [4.69, 9.17) is 4.74 Å². The van der Waals surface area contributed by atoms with Gasteiger partial charge in [-0.15, -0.1) is 11.3 Å². The maximum Gasteiger partial charge on any atom is 0.182 e. The van der Waals surface area contributed by atoms with Crippen LogP contribution in [0.1, 0.15) is 0 Å². The van der Waals surface area contributed by atoms with Gasteiger partial charge in [-0.3, -0.25) is 0 Å². The molecule has 4 heteroatoms. The van der Waals surface area contributed by atoms with E-state index in [2.05, 4.69) is 0 Å². The van der Waals surface area contributed by atoms with E-state index < -0.39 is 5.82 Å². The first-order chi connectivity index (χ1) is 6.22. The second kappa shape index (κ2) is 2.96. The number of halogens is 2. The van der Waals surface area contributed by atoms with E-state index in [-0.39, 0.29) is 10.9 Å². The zero-order chi connectivity index (χ0) is 9.42. The fourth-order valence-corrected chi connectivity index (χ4v) is 1.99. The molecule has 0 radical (unpaired) electrons. The molecule has 0 unspecified atom stereocenters. The lowest BCUT2D eigenvalue weighted by Gasteiger charge is -2.00. The molecule has 0 saturated heterocycles. The van der Waals surface area contributed by atoms with E-state index in [1.807, 2.05) is 0 Å². The van der Waals surface area contributed by atoms with Crippen LogP contribution in [0.4, 0.5) is 8.78 Å². The summed E-state index contributed by atoms with van der Waals surface area (Å²) in [6.45, 7) is 0. The van der Waals surface area contributed by atoms with Crippen LogP contribution >= 0.6 is 11.3 Å². The number of benzene rings is 1. The number of thiophene rings is 1. The summed E-state index contributed by atoms with van der Waals surface area (Å²) in [5, 5.41) is 0.183. The zero-order valence-electron chi connectivity index (χ0n) is 6.80. The van der Waals surface area contributed by atoms with Gasteiger partial charge in [0.05, 0.1) is 11.8 Å². The molecular formula is C9H6F2OS. The van der Waals surface area contributed by atoms with Crippen molar-refractivity contribution in [2.24, 2.45) is 0 Å². The third-order valence-corrected chi connectivity index (χ3v) is 2.71. The predicted molar refractivity (Wildman–Crippen MR) is 48.3 cm³/mol. The van der Waals surface area contributed by atoms with Crippen molar-refractivity contribution in [2.75, 3.05) is 7.11 Å². The lowest BCUT2D eigenvalue weighted by molar-refractivity contribution is 0.389. The molecule has 0 spiro atoms. The molecular weight excluding hydrogens is 194 g/mol. The maximum absolute atomic E-state index is 13.4. The highest BCUT2D eigenvalue weighted by atomic mass is 32.1. The predicted octanol–water partition coefficient (Wildman–Crippen LogP) is 3.19. The Morgan fingerprint density at radius 3 is 2.77 bits per heavy atom. The second-order valence-corrected chi connectivity index (χ2v) is 3.55. The highest BCUT2D eigenvalue weighted by molar-refractivity contribution is 7.17. The molecule has 0 amide bonds. The summed E-state index contributed by atoms with van der Waals surface area (Å²) < 4.78 is 31.2. The summed E-state index contributed by atoms with van der Waals surface area (Å²) in [5.41, 5.74) is 0. The van der Waals surface area contributed by atoms with E-state index in [1.54, 1.807) is 6.07 Å². The molecule has 0 aliphatic rings. The van der Waals surface area contributed by atoms with E-state index in [0.29, 0.717) is 10.1 Å². The molecule has 1 aromatic carbocycles. The first-order valence-electron chi connectivity index (χ1n) is 3.64. The van der Waals surface area contributed by atoms with Crippen molar-refractivity contribution in [1.29, 1.82) is 0 Å². The summed E-state index contributed by atoms with van der Waals surface area (Å²) in [6, 6.07) is 4.43. The Hall–Kier alpha value is -1.16. The maximum atomic E-state index is 13.4. The summed E-state index contributed by atoms with van der Waals surface area (Å²) in [6.07, 6.45) is 0. The fourth-order valence-electron chi connectivity index (χ4n) is 1.18. The lowest BCUT2D eigenvalue weighted by atomic mass is 10.2. The minimum Gasteiger partial charge on any atom is -0.494 e. The van der Waals surface area contributed by atoms with Gasteiger partial charge in [-0.1, -0.05) is 0 Å². The highest BCUT2D eigenvalue weighted by Crippen LogP contribution is 2.31. The Labute approximate surface area is 77.6 Å². The first kappa shape index (κ1) is 8.44. The third-order valence-electron chi connectivity index (χ3n) is 1.78. The summed E-state index contributed by atoms with van der Waals surface area (Å²) >= 11 is 0.787.